The number of likely N-dealkylation sites (N-methyl/N-ethyl adjacent to an activating group) is 1. The molecule has 1 heterocycles. The molecule has 2 aliphatic rings. The molecular weight excluding hydrogens is 318 g/mol. The summed E-state index contributed by atoms with van der Waals surface area (Å²) in [5.74, 6) is -0.540. The number of imide groups is 1. The smallest absolute Gasteiger partial charge is 0.327 e. The van der Waals surface area contributed by atoms with E-state index in [1.165, 1.54) is 0 Å². The van der Waals surface area contributed by atoms with Gasteiger partial charge in [0.25, 0.3) is 5.91 Å². The van der Waals surface area contributed by atoms with Crippen LogP contribution in [0.2, 0.25) is 0 Å². The number of nitrogens with zero attached hydrogens (tertiary/aromatic N) is 2. The third kappa shape index (κ3) is 3.13. The van der Waals surface area contributed by atoms with Crippen molar-refractivity contribution in [3.05, 3.63) is 35.9 Å². The van der Waals surface area contributed by atoms with Crippen LogP contribution in [0.1, 0.15) is 50.6 Å². The van der Waals surface area contributed by atoms with Gasteiger partial charge < -0.3 is 10.2 Å². The minimum absolute atomic E-state index is 0.178. The van der Waals surface area contributed by atoms with Crippen LogP contribution < -0.4 is 5.32 Å². The van der Waals surface area contributed by atoms with Gasteiger partial charge in [-0.15, -0.1) is 0 Å². The quantitative estimate of drug-likeness (QED) is 0.854. The van der Waals surface area contributed by atoms with Crippen molar-refractivity contribution in [2.75, 3.05) is 13.6 Å². The van der Waals surface area contributed by atoms with Gasteiger partial charge in [-0.05, 0) is 25.3 Å². The van der Waals surface area contributed by atoms with Crippen LogP contribution in [-0.2, 0) is 9.59 Å². The number of benzene rings is 1. The number of hydrogen-bond acceptors (Lipinski definition) is 3. The molecular formula is C19H25N3O3. The molecule has 6 heteroatoms. The number of carbonyl (C=O) groups is 3. The van der Waals surface area contributed by atoms with Crippen LogP contribution in [0.25, 0.3) is 0 Å². The van der Waals surface area contributed by atoms with Gasteiger partial charge in [-0.1, -0.05) is 49.6 Å². The van der Waals surface area contributed by atoms with Crippen LogP contribution in [0.5, 0.6) is 0 Å². The Morgan fingerprint density at radius 3 is 2.44 bits per heavy atom. The first-order valence-electron chi connectivity index (χ1n) is 8.90. The summed E-state index contributed by atoms with van der Waals surface area (Å²) < 4.78 is 0. The lowest BCUT2D eigenvalue weighted by atomic mass is 9.81. The van der Waals surface area contributed by atoms with E-state index in [1.54, 1.807) is 11.9 Å². The molecule has 1 saturated heterocycles. The summed E-state index contributed by atoms with van der Waals surface area (Å²) in [4.78, 5) is 40.4. The summed E-state index contributed by atoms with van der Waals surface area (Å²) in [6, 6.07) is 9.06. The zero-order chi connectivity index (χ0) is 18.0. The number of rotatable bonds is 4. The highest BCUT2D eigenvalue weighted by atomic mass is 16.2. The van der Waals surface area contributed by atoms with E-state index in [4.69, 9.17) is 0 Å². The molecule has 1 unspecified atom stereocenters. The molecule has 3 rings (SSSR count). The van der Waals surface area contributed by atoms with Gasteiger partial charge in [-0.2, -0.15) is 0 Å². The Bertz CT molecular complexity index is 668. The SMILES string of the molecule is CC(NC(=O)CN1C(=O)N(C)C2(CCCCC2)C1=O)c1ccccc1. The zero-order valence-corrected chi connectivity index (χ0v) is 14.8. The topological polar surface area (TPSA) is 69.7 Å². The highest BCUT2D eigenvalue weighted by Crippen LogP contribution is 2.39. The average Bonchev–Trinajstić information content (AvgIpc) is 2.79. The minimum atomic E-state index is -0.735. The van der Waals surface area contributed by atoms with Crippen LogP contribution in [0, 0.1) is 0 Å². The second-order valence-electron chi connectivity index (χ2n) is 7.03. The molecule has 6 nitrogen and oxygen atoms in total. The molecule has 1 aliphatic carbocycles. The van der Waals surface area contributed by atoms with E-state index in [0.717, 1.165) is 29.7 Å². The molecule has 1 spiro atoms. The number of amides is 4. The zero-order valence-electron chi connectivity index (χ0n) is 14.8. The van der Waals surface area contributed by atoms with E-state index >= 15 is 0 Å². The summed E-state index contributed by atoms with van der Waals surface area (Å²) >= 11 is 0. The number of urea groups is 1. The maximum atomic E-state index is 12.9. The molecule has 0 aromatic heterocycles. The molecule has 4 amide bonds. The molecule has 1 aromatic carbocycles. The highest BCUT2D eigenvalue weighted by Gasteiger charge is 2.55. The third-order valence-electron chi connectivity index (χ3n) is 5.46. The Kier molecular flexibility index (Phi) is 4.79. The molecule has 25 heavy (non-hydrogen) atoms. The lowest BCUT2D eigenvalue weighted by Gasteiger charge is -2.35. The predicted molar refractivity (Wildman–Crippen MR) is 93.7 cm³/mol. The van der Waals surface area contributed by atoms with Crippen molar-refractivity contribution < 1.29 is 14.4 Å². The second kappa shape index (κ2) is 6.86. The fraction of sp³-hybridized carbons (Fsp3) is 0.526. The Morgan fingerprint density at radius 2 is 1.80 bits per heavy atom. The first kappa shape index (κ1) is 17.5. The van der Waals surface area contributed by atoms with Gasteiger partial charge >= 0.3 is 6.03 Å². The monoisotopic (exact) mass is 343 g/mol. The van der Waals surface area contributed by atoms with Crippen LogP contribution >= 0.6 is 0 Å². The molecule has 0 bridgehead atoms. The first-order chi connectivity index (χ1) is 12.0. The van der Waals surface area contributed by atoms with Gasteiger partial charge in [0.15, 0.2) is 0 Å². The number of hydrogen-bond donors (Lipinski definition) is 1. The molecule has 1 N–H and O–H groups in total. The fourth-order valence-corrected chi connectivity index (χ4v) is 3.93. The predicted octanol–water partition coefficient (Wildman–Crippen LogP) is 2.46. The van der Waals surface area contributed by atoms with Crippen LogP contribution in [-0.4, -0.2) is 46.8 Å². The maximum Gasteiger partial charge on any atom is 0.327 e. The normalized spacial score (nSPS) is 20.9. The Balaban J connectivity index is 1.67. The van der Waals surface area contributed by atoms with Crippen LogP contribution in [0.15, 0.2) is 30.3 Å². The summed E-state index contributed by atoms with van der Waals surface area (Å²) in [6.45, 7) is 1.66. The second-order valence-corrected chi connectivity index (χ2v) is 7.03. The summed E-state index contributed by atoms with van der Waals surface area (Å²) in [7, 11) is 1.68. The van der Waals surface area contributed by atoms with Crippen molar-refractivity contribution in [2.24, 2.45) is 0 Å². The van der Waals surface area contributed by atoms with Crippen LogP contribution in [0.3, 0.4) is 0 Å². The van der Waals surface area contributed by atoms with E-state index in [0.29, 0.717) is 12.8 Å². The molecule has 134 valence electrons. The van der Waals surface area contributed by atoms with E-state index in [-0.39, 0.29) is 30.4 Å². The van der Waals surface area contributed by atoms with Crippen molar-refractivity contribution in [1.82, 2.24) is 15.1 Å². The molecule has 2 fully saturated rings. The van der Waals surface area contributed by atoms with Crippen LogP contribution in [0.4, 0.5) is 4.79 Å². The first-order valence-corrected chi connectivity index (χ1v) is 8.90. The Morgan fingerprint density at radius 1 is 1.16 bits per heavy atom. The van der Waals surface area contributed by atoms with Crippen molar-refractivity contribution >= 4 is 17.8 Å². The molecule has 0 radical (unpaired) electrons. The summed E-state index contributed by atoms with van der Waals surface area (Å²) in [5, 5.41) is 2.87. The standard InChI is InChI=1S/C19H25N3O3/c1-14(15-9-5-3-6-10-15)20-16(23)13-22-17(24)19(21(2)18(22)25)11-7-4-8-12-19/h3,5-6,9-10,14H,4,7-8,11-13H2,1-2H3,(H,20,23). The molecule has 1 aliphatic heterocycles. The van der Waals surface area contributed by atoms with E-state index in [1.807, 2.05) is 37.3 Å². The lowest BCUT2D eigenvalue weighted by molar-refractivity contribution is -0.137. The molecule has 1 atom stereocenters. The van der Waals surface area contributed by atoms with E-state index in [9.17, 15) is 14.4 Å². The third-order valence-corrected chi connectivity index (χ3v) is 5.46. The van der Waals surface area contributed by atoms with Gasteiger partial charge in [0.2, 0.25) is 5.91 Å². The summed E-state index contributed by atoms with van der Waals surface area (Å²) in [6.07, 6.45) is 4.34. The van der Waals surface area contributed by atoms with Crippen molar-refractivity contribution in [1.29, 1.82) is 0 Å². The van der Waals surface area contributed by atoms with Gasteiger partial charge in [0, 0.05) is 7.05 Å². The Labute approximate surface area is 148 Å². The van der Waals surface area contributed by atoms with Gasteiger partial charge in [0.05, 0.1) is 6.04 Å². The van der Waals surface area contributed by atoms with Gasteiger partial charge in [0.1, 0.15) is 12.1 Å². The number of nitrogens with one attached hydrogen (secondary N) is 1. The fourth-order valence-electron chi connectivity index (χ4n) is 3.93. The van der Waals surface area contributed by atoms with E-state index in [2.05, 4.69) is 5.32 Å². The number of carbonyl (C=O) groups excluding carboxylic acids is 3. The summed E-state index contributed by atoms with van der Waals surface area (Å²) in [5.41, 5.74) is 0.247. The largest absolute Gasteiger partial charge is 0.348 e. The van der Waals surface area contributed by atoms with E-state index < -0.39 is 5.54 Å². The van der Waals surface area contributed by atoms with Crippen molar-refractivity contribution in [2.45, 2.75) is 50.6 Å². The average molecular weight is 343 g/mol. The van der Waals surface area contributed by atoms with Gasteiger partial charge in [-0.25, -0.2) is 4.79 Å². The van der Waals surface area contributed by atoms with Crippen molar-refractivity contribution in [3.63, 3.8) is 0 Å². The molecule has 1 aromatic rings. The molecule has 1 saturated carbocycles. The Hall–Kier alpha value is -2.37. The lowest BCUT2D eigenvalue weighted by Crippen LogP contribution is -2.49. The van der Waals surface area contributed by atoms with Crippen molar-refractivity contribution in [3.8, 4) is 0 Å². The minimum Gasteiger partial charge on any atom is -0.348 e. The highest BCUT2D eigenvalue weighted by molar-refractivity contribution is 6.08. The maximum absolute atomic E-state index is 12.9. The van der Waals surface area contributed by atoms with Gasteiger partial charge in [-0.3, -0.25) is 14.5 Å².